The molecule has 1 aromatic heterocycles. The van der Waals surface area contributed by atoms with Gasteiger partial charge in [-0.25, -0.2) is 4.98 Å². The second kappa shape index (κ2) is 14.3. The summed E-state index contributed by atoms with van der Waals surface area (Å²) in [5, 5.41) is 13.4. The molecule has 0 unspecified atom stereocenters. The van der Waals surface area contributed by atoms with E-state index in [-0.39, 0.29) is 6.61 Å². The number of aliphatic carboxylic acids is 1. The zero-order valence-electron chi connectivity index (χ0n) is 20.4. The van der Waals surface area contributed by atoms with Crippen molar-refractivity contribution in [2.24, 2.45) is 0 Å². The third-order valence-corrected chi connectivity index (χ3v) is 7.04. The number of hydrogen-bond acceptors (Lipinski definition) is 4. The van der Waals surface area contributed by atoms with Crippen LogP contribution >= 0.6 is 11.6 Å². The van der Waals surface area contributed by atoms with Gasteiger partial charge in [0.2, 0.25) is 5.88 Å². The Morgan fingerprint density at radius 3 is 2.65 bits per heavy atom. The van der Waals surface area contributed by atoms with Crippen LogP contribution in [0.4, 0.5) is 0 Å². The Bertz CT molecular complexity index is 905. The molecule has 2 aromatic rings. The van der Waals surface area contributed by atoms with Crippen LogP contribution in [0.25, 0.3) is 0 Å². The molecule has 1 aromatic carbocycles. The topological polar surface area (TPSA) is 71.5 Å². The number of halogens is 1. The number of carboxylic acids is 1. The van der Waals surface area contributed by atoms with E-state index in [4.69, 9.17) is 21.4 Å². The van der Waals surface area contributed by atoms with Crippen molar-refractivity contribution < 1.29 is 14.6 Å². The van der Waals surface area contributed by atoms with E-state index in [1.807, 2.05) is 6.07 Å². The van der Waals surface area contributed by atoms with E-state index in [1.54, 1.807) is 18.3 Å². The number of benzene rings is 1. The molecule has 0 saturated heterocycles. The Kier molecular flexibility index (Phi) is 11.2. The summed E-state index contributed by atoms with van der Waals surface area (Å²) in [7, 11) is 0. The number of nitrogens with zero attached hydrogens (tertiary/aromatic N) is 1. The van der Waals surface area contributed by atoms with E-state index in [9.17, 15) is 4.79 Å². The number of carbonyl (C=O) groups is 1. The van der Waals surface area contributed by atoms with Crippen LogP contribution in [0.1, 0.15) is 99.8 Å². The first-order chi connectivity index (χ1) is 16.6. The van der Waals surface area contributed by atoms with Gasteiger partial charge in [0.15, 0.2) is 0 Å². The minimum Gasteiger partial charge on any atom is -0.481 e. The number of pyridine rings is 1. The lowest BCUT2D eigenvalue weighted by Gasteiger charge is -2.27. The molecule has 0 saturated carbocycles. The molecule has 1 aliphatic carbocycles. The van der Waals surface area contributed by atoms with Crippen molar-refractivity contribution in [1.29, 1.82) is 0 Å². The lowest BCUT2D eigenvalue weighted by molar-refractivity contribution is -0.138. The van der Waals surface area contributed by atoms with Gasteiger partial charge in [-0.1, -0.05) is 81.7 Å². The van der Waals surface area contributed by atoms with Crippen molar-refractivity contribution in [2.75, 3.05) is 13.2 Å². The molecule has 0 fully saturated rings. The monoisotopic (exact) mass is 486 g/mol. The highest BCUT2D eigenvalue weighted by atomic mass is 35.5. The summed E-state index contributed by atoms with van der Waals surface area (Å²) >= 11 is 6.42. The molecule has 6 heteroatoms. The van der Waals surface area contributed by atoms with Gasteiger partial charge in [-0.15, -0.1) is 0 Å². The highest BCUT2D eigenvalue weighted by Crippen LogP contribution is 2.35. The molecule has 2 heterocycles. The number of aromatic nitrogens is 1. The van der Waals surface area contributed by atoms with Gasteiger partial charge in [-0.2, -0.15) is 0 Å². The first-order valence-electron chi connectivity index (χ1n) is 12.9. The molecule has 2 aliphatic rings. The highest BCUT2D eigenvalue weighted by molar-refractivity contribution is 6.31. The number of fused-ring (bicyclic) bond motifs is 2. The zero-order valence-corrected chi connectivity index (χ0v) is 21.2. The van der Waals surface area contributed by atoms with Crippen molar-refractivity contribution in [1.82, 2.24) is 10.3 Å². The van der Waals surface area contributed by atoms with E-state index < -0.39 is 11.9 Å². The summed E-state index contributed by atoms with van der Waals surface area (Å²) in [6.07, 6.45) is 16.3. The summed E-state index contributed by atoms with van der Waals surface area (Å²) in [6.45, 7) is 3.60. The Morgan fingerprint density at radius 1 is 1.12 bits per heavy atom. The average molecular weight is 487 g/mol. The van der Waals surface area contributed by atoms with Gasteiger partial charge in [-0.3, -0.25) is 4.79 Å². The van der Waals surface area contributed by atoms with Gasteiger partial charge in [-0.05, 0) is 55.5 Å². The van der Waals surface area contributed by atoms with E-state index in [0.29, 0.717) is 17.5 Å². The largest absolute Gasteiger partial charge is 0.481 e. The van der Waals surface area contributed by atoms with Crippen molar-refractivity contribution in [3.8, 4) is 5.88 Å². The van der Waals surface area contributed by atoms with Gasteiger partial charge in [0.25, 0.3) is 0 Å². The predicted octanol–water partition coefficient (Wildman–Crippen LogP) is 7.09. The fourth-order valence-electron chi connectivity index (χ4n) is 4.82. The van der Waals surface area contributed by atoms with Gasteiger partial charge in [0.05, 0.1) is 0 Å². The minimum atomic E-state index is -0.859. The van der Waals surface area contributed by atoms with Crippen molar-refractivity contribution in [2.45, 2.75) is 89.5 Å². The normalized spacial score (nSPS) is 18.3. The number of carboxylic acid groups (broad SMARTS) is 1. The van der Waals surface area contributed by atoms with Crippen LogP contribution < -0.4 is 10.1 Å². The van der Waals surface area contributed by atoms with Crippen LogP contribution in [0, 0.1) is 0 Å². The molecular weight excluding hydrogens is 448 g/mol. The maximum Gasteiger partial charge on any atom is 0.314 e. The standard InChI is InChI=1S/C20H32ClN.C8H7NO3/c1-2-3-4-5-6-7-8-9-16-22-19-15-11-13-17-12-10-14-18(21)20(17)19;10-8(11)6-4-12-7-5(6)2-1-3-9-7/h10,12,14,19,22H,2-9,11,13,15-16H2,1H3;1-3,6H,4H2,(H,10,11)/t19-;6-/m10/s1. The second-order valence-electron chi connectivity index (χ2n) is 9.29. The number of rotatable bonds is 11. The van der Waals surface area contributed by atoms with E-state index in [2.05, 4.69) is 29.4 Å². The third-order valence-electron chi connectivity index (χ3n) is 6.71. The molecule has 1 aliphatic heterocycles. The molecule has 4 rings (SSSR count). The lowest BCUT2D eigenvalue weighted by atomic mass is 9.87. The Balaban J connectivity index is 0.000000226. The molecule has 34 heavy (non-hydrogen) atoms. The lowest BCUT2D eigenvalue weighted by Crippen LogP contribution is -2.26. The molecule has 0 amide bonds. The second-order valence-corrected chi connectivity index (χ2v) is 9.69. The van der Waals surface area contributed by atoms with Crippen LogP contribution in [-0.2, 0) is 11.2 Å². The first-order valence-corrected chi connectivity index (χ1v) is 13.3. The zero-order chi connectivity index (χ0) is 24.2. The highest BCUT2D eigenvalue weighted by Gasteiger charge is 2.30. The Morgan fingerprint density at radius 2 is 1.88 bits per heavy atom. The fourth-order valence-corrected chi connectivity index (χ4v) is 5.14. The Hall–Kier alpha value is -2.11. The van der Waals surface area contributed by atoms with Crippen molar-refractivity contribution in [3.63, 3.8) is 0 Å². The van der Waals surface area contributed by atoms with E-state index >= 15 is 0 Å². The maximum atomic E-state index is 10.7. The van der Waals surface area contributed by atoms with Gasteiger partial charge in [0, 0.05) is 22.8 Å². The van der Waals surface area contributed by atoms with E-state index in [1.165, 1.54) is 81.8 Å². The molecule has 5 nitrogen and oxygen atoms in total. The first kappa shape index (κ1) is 26.5. The minimum absolute atomic E-state index is 0.196. The summed E-state index contributed by atoms with van der Waals surface area (Å²) in [5.41, 5.74) is 3.49. The molecule has 0 radical (unpaired) electrons. The number of ether oxygens (including phenoxy) is 1. The molecule has 186 valence electrons. The smallest absolute Gasteiger partial charge is 0.314 e. The summed E-state index contributed by atoms with van der Waals surface area (Å²) in [5.74, 6) is -0.958. The van der Waals surface area contributed by atoms with Crippen LogP contribution in [0.2, 0.25) is 5.02 Å². The predicted molar refractivity (Wildman–Crippen MR) is 138 cm³/mol. The van der Waals surface area contributed by atoms with Gasteiger partial charge >= 0.3 is 5.97 Å². The number of nitrogens with one attached hydrogen (secondary N) is 1. The van der Waals surface area contributed by atoms with Crippen molar-refractivity contribution >= 4 is 17.6 Å². The van der Waals surface area contributed by atoms with Crippen LogP contribution in [-0.4, -0.2) is 29.2 Å². The molecule has 2 N–H and O–H groups in total. The average Bonchev–Trinajstić information content (AvgIpc) is 3.28. The quantitative estimate of drug-likeness (QED) is 0.332. The van der Waals surface area contributed by atoms with E-state index in [0.717, 1.165) is 11.6 Å². The molecule has 0 bridgehead atoms. The van der Waals surface area contributed by atoms with Crippen molar-refractivity contribution in [3.05, 3.63) is 58.2 Å². The Labute approximate surface area is 209 Å². The number of aryl methyl sites for hydroxylation is 1. The molecule has 2 atom stereocenters. The molecule has 0 spiro atoms. The van der Waals surface area contributed by atoms with Crippen LogP contribution in [0.3, 0.4) is 0 Å². The number of hydrogen-bond donors (Lipinski definition) is 2. The summed E-state index contributed by atoms with van der Waals surface area (Å²) < 4.78 is 5.08. The summed E-state index contributed by atoms with van der Waals surface area (Å²) in [4.78, 5) is 14.6. The fraction of sp³-hybridized carbons (Fsp3) is 0.571. The summed E-state index contributed by atoms with van der Waals surface area (Å²) in [6, 6.07) is 10.3. The van der Waals surface area contributed by atoms with Crippen LogP contribution in [0.15, 0.2) is 36.5 Å². The molecular formula is C28H39ClN2O3. The third kappa shape index (κ3) is 7.71. The maximum absolute atomic E-state index is 10.7. The van der Waals surface area contributed by atoms with Gasteiger partial charge in [0.1, 0.15) is 12.5 Å². The van der Waals surface area contributed by atoms with Crippen LogP contribution in [0.5, 0.6) is 5.88 Å². The van der Waals surface area contributed by atoms with Gasteiger partial charge < -0.3 is 15.2 Å². The SMILES string of the molecule is CCCCCCCCCCN[C@@H]1CCCc2cccc(Cl)c21.O=C(O)[C@H]1COc2ncccc21. The number of unbranched alkanes of at least 4 members (excludes halogenated alkanes) is 7.